The summed E-state index contributed by atoms with van der Waals surface area (Å²) >= 11 is 1.64. The van der Waals surface area contributed by atoms with E-state index in [1.54, 1.807) is 41.6 Å². The van der Waals surface area contributed by atoms with Crippen molar-refractivity contribution in [3.8, 4) is 0 Å². The summed E-state index contributed by atoms with van der Waals surface area (Å²) in [4.78, 5) is 17.6. The van der Waals surface area contributed by atoms with E-state index >= 15 is 0 Å². The Kier molecular flexibility index (Phi) is 3.31. The summed E-state index contributed by atoms with van der Waals surface area (Å²) in [6.07, 6.45) is 1.63. The van der Waals surface area contributed by atoms with E-state index in [1.807, 2.05) is 22.9 Å². The molecule has 0 saturated carbocycles. The number of nitrogens with zero attached hydrogens (tertiary/aromatic N) is 2. The highest BCUT2D eigenvalue weighted by Crippen LogP contribution is 2.10. The van der Waals surface area contributed by atoms with Crippen LogP contribution in [0.25, 0.3) is 0 Å². The molecular formula is C12H12N2OS. The van der Waals surface area contributed by atoms with Crippen molar-refractivity contribution in [2.24, 2.45) is 0 Å². The Morgan fingerprint density at radius 3 is 2.94 bits per heavy atom. The van der Waals surface area contributed by atoms with Crippen LogP contribution in [0.2, 0.25) is 0 Å². The second kappa shape index (κ2) is 4.90. The monoisotopic (exact) mass is 232 g/mol. The summed E-state index contributed by atoms with van der Waals surface area (Å²) in [6, 6.07) is 7.37. The highest BCUT2D eigenvalue weighted by atomic mass is 32.1. The minimum atomic E-state index is -0.0493. The topological polar surface area (TPSA) is 33.2 Å². The van der Waals surface area contributed by atoms with Crippen molar-refractivity contribution in [1.82, 2.24) is 9.88 Å². The molecule has 0 radical (unpaired) electrons. The maximum absolute atomic E-state index is 11.9. The third kappa shape index (κ3) is 2.46. The average molecular weight is 232 g/mol. The normalized spacial score (nSPS) is 10.1. The number of carbonyl (C=O) groups is 1. The van der Waals surface area contributed by atoms with Crippen molar-refractivity contribution in [2.45, 2.75) is 6.54 Å². The third-order valence-corrected chi connectivity index (χ3v) is 2.96. The third-order valence-electron chi connectivity index (χ3n) is 2.23. The molecule has 2 heterocycles. The zero-order valence-electron chi connectivity index (χ0n) is 8.96. The van der Waals surface area contributed by atoms with E-state index in [4.69, 9.17) is 0 Å². The van der Waals surface area contributed by atoms with Crippen LogP contribution < -0.4 is 0 Å². The standard InChI is InChI=1S/C12H12N2OS/c1-14(8-10-5-7-16-9-10)12(15)11-4-2-3-6-13-11/h2-7,9H,8H2,1H3. The predicted molar refractivity (Wildman–Crippen MR) is 64.4 cm³/mol. The number of rotatable bonds is 3. The number of aromatic nitrogens is 1. The van der Waals surface area contributed by atoms with Crippen molar-refractivity contribution in [1.29, 1.82) is 0 Å². The SMILES string of the molecule is CN(Cc1ccsc1)C(=O)c1ccccn1. The van der Waals surface area contributed by atoms with Crippen molar-refractivity contribution >= 4 is 17.2 Å². The zero-order valence-corrected chi connectivity index (χ0v) is 9.78. The molecule has 0 fully saturated rings. The lowest BCUT2D eigenvalue weighted by Crippen LogP contribution is -2.26. The average Bonchev–Trinajstić information content (AvgIpc) is 2.82. The molecule has 0 aliphatic heterocycles. The van der Waals surface area contributed by atoms with Crippen LogP contribution in [0.15, 0.2) is 41.2 Å². The Morgan fingerprint density at radius 1 is 1.44 bits per heavy atom. The maximum Gasteiger partial charge on any atom is 0.272 e. The lowest BCUT2D eigenvalue weighted by atomic mass is 10.3. The number of hydrogen-bond acceptors (Lipinski definition) is 3. The van der Waals surface area contributed by atoms with Gasteiger partial charge in [-0.25, -0.2) is 0 Å². The smallest absolute Gasteiger partial charge is 0.272 e. The largest absolute Gasteiger partial charge is 0.336 e. The highest BCUT2D eigenvalue weighted by Gasteiger charge is 2.12. The summed E-state index contributed by atoms with van der Waals surface area (Å²) in [5.41, 5.74) is 1.64. The van der Waals surface area contributed by atoms with Gasteiger partial charge >= 0.3 is 0 Å². The van der Waals surface area contributed by atoms with Crippen LogP contribution in [0.4, 0.5) is 0 Å². The molecule has 82 valence electrons. The molecule has 16 heavy (non-hydrogen) atoms. The second-order valence-corrected chi connectivity index (χ2v) is 4.29. The van der Waals surface area contributed by atoms with E-state index in [1.165, 1.54) is 0 Å². The number of hydrogen-bond donors (Lipinski definition) is 0. The molecular weight excluding hydrogens is 220 g/mol. The zero-order chi connectivity index (χ0) is 11.4. The molecule has 0 saturated heterocycles. The van der Waals surface area contributed by atoms with Gasteiger partial charge in [-0.05, 0) is 34.5 Å². The number of carbonyl (C=O) groups excluding carboxylic acids is 1. The summed E-state index contributed by atoms with van der Waals surface area (Å²) < 4.78 is 0. The second-order valence-electron chi connectivity index (χ2n) is 3.51. The van der Waals surface area contributed by atoms with Crippen LogP contribution in [0.1, 0.15) is 16.1 Å². The van der Waals surface area contributed by atoms with Crippen molar-refractivity contribution < 1.29 is 4.79 Å². The van der Waals surface area contributed by atoms with E-state index < -0.39 is 0 Å². The number of thiophene rings is 1. The van der Waals surface area contributed by atoms with Crippen LogP contribution in [-0.2, 0) is 6.54 Å². The predicted octanol–water partition coefficient (Wildman–Crippen LogP) is 2.42. The fourth-order valence-corrected chi connectivity index (χ4v) is 2.07. The Morgan fingerprint density at radius 2 is 2.31 bits per heavy atom. The molecule has 0 aliphatic carbocycles. The van der Waals surface area contributed by atoms with E-state index in [2.05, 4.69) is 4.98 Å². The molecule has 0 unspecified atom stereocenters. The molecule has 2 aromatic heterocycles. The van der Waals surface area contributed by atoms with Gasteiger partial charge in [0.25, 0.3) is 5.91 Å². The van der Waals surface area contributed by atoms with Gasteiger partial charge in [-0.1, -0.05) is 6.07 Å². The molecule has 2 rings (SSSR count). The first-order valence-electron chi connectivity index (χ1n) is 4.95. The van der Waals surface area contributed by atoms with Crippen LogP contribution in [0.3, 0.4) is 0 Å². The Hall–Kier alpha value is -1.68. The Labute approximate surface area is 98.4 Å². The van der Waals surface area contributed by atoms with Gasteiger partial charge in [0.05, 0.1) is 0 Å². The van der Waals surface area contributed by atoms with Gasteiger partial charge in [-0.3, -0.25) is 9.78 Å². The summed E-state index contributed by atoms with van der Waals surface area (Å²) in [7, 11) is 1.79. The quantitative estimate of drug-likeness (QED) is 0.814. The number of pyridine rings is 1. The fraction of sp³-hybridized carbons (Fsp3) is 0.167. The molecule has 0 spiro atoms. The molecule has 0 atom stereocenters. The molecule has 4 heteroatoms. The summed E-state index contributed by atoms with van der Waals surface area (Å²) in [5.74, 6) is -0.0493. The minimum Gasteiger partial charge on any atom is -0.336 e. The highest BCUT2D eigenvalue weighted by molar-refractivity contribution is 7.07. The Bertz CT molecular complexity index is 453. The van der Waals surface area contributed by atoms with E-state index in [9.17, 15) is 4.79 Å². The van der Waals surface area contributed by atoms with Crippen molar-refractivity contribution in [3.63, 3.8) is 0 Å². The molecule has 0 bridgehead atoms. The van der Waals surface area contributed by atoms with Gasteiger partial charge in [-0.15, -0.1) is 0 Å². The Balaban J connectivity index is 2.05. The van der Waals surface area contributed by atoms with Gasteiger partial charge in [0.2, 0.25) is 0 Å². The van der Waals surface area contributed by atoms with E-state index in [0.29, 0.717) is 12.2 Å². The molecule has 0 aliphatic rings. The van der Waals surface area contributed by atoms with Gasteiger partial charge in [0.1, 0.15) is 5.69 Å². The lowest BCUT2D eigenvalue weighted by molar-refractivity contribution is 0.0779. The summed E-state index contributed by atoms with van der Waals surface area (Å²) in [6.45, 7) is 0.624. The van der Waals surface area contributed by atoms with Gasteiger partial charge in [0, 0.05) is 19.8 Å². The van der Waals surface area contributed by atoms with E-state index in [-0.39, 0.29) is 5.91 Å². The van der Waals surface area contributed by atoms with Crippen molar-refractivity contribution in [2.75, 3.05) is 7.05 Å². The first kappa shape index (κ1) is 10.8. The minimum absolute atomic E-state index is 0.0493. The van der Waals surface area contributed by atoms with Crippen LogP contribution in [0.5, 0.6) is 0 Å². The summed E-state index contributed by atoms with van der Waals surface area (Å²) in [5, 5.41) is 4.05. The first-order chi connectivity index (χ1) is 7.77. The molecule has 0 aromatic carbocycles. The van der Waals surface area contributed by atoms with Gasteiger partial charge in [-0.2, -0.15) is 11.3 Å². The van der Waals surface area contributed by atoms with Crippen LogP contribution in [0, 0.1) is 0 Å². The molecule has 2 aromatic rings. The van der Waals surface area contributed by atoms with Gasteiger partial charge < -0.3 is 4.90 Å². The maximum atomic E-state index is 11.9. The van der Waals surface area contributed by atoms with Crippen molar-refractivity contribution in [3.05, 3.63) is 52.5 Å². The fourth-order valence-electron chi connectivity index (χ4n) is 1.41. The molecule has 1 amide bonds. The van der Waals surface area contributed by atoms with Gasteiger partial charge in [0.15, 0.2) is 0 Å². The number of amides is 1. The lowest BCUT2D eigenvalue weighted by Gasteiger charge is -2.15. The molecule has 0 N–H and O–H groups in total. The first-order valence-corrected chi connectivity index (χ1v) is 5.89. The van der Waals surface area contributed by atoms with Crippen LogP contribution >= 0.6 is 11.3 Å². The van der Waals surface area contributed by atoms with E-state index in [0.717, 1.165) is 5.56 Å². The molecule has 3 nitrogen and oxygen atoms in total. The van der Waals surface area contributed by atoms with Crippen LogP contribution in [-0.4, -0.2) is 22.8 Å².